The summed E-state index contributed by atoms with van der Waals surface area (Å²) in [5.74, 6) is 0.722. The molecule has 106 valence electrons. The molecule has 0 fully saturated rings. The first-order valence-corrected chi connectivity index (χ1v) is 6.54. The number of benzene rings is 1. The molecule has 3 rings (SSSR count). The molecule has 20 heavy (non-hydrogen) atoms. The zero-order valence-electron chi connectivity index (χ0n) is 10.7. The molecule has 1 aromatic heterocycles. The van der Waals surface area contributed by atoms with Gasteiger partial charge in [-0.2, -0.15) is 18.3 Å². The predicted octanol–water partition coefficient (Wildman–Crippen LogP) is 4.05. The summed E-state index contributed by atoms with van der Waals surface area (Å²) < 4.78 is 37.5. The number of H-pyrrole nitrogens is 1. The number of anilines is 2. The van der Waals surface area contributed by atoms with Crippen LogP contribution in [-0.2, 0) is 19.0 Å². The largest absolute Gasteiger partial charge is 0.416 e. The van der Waals surface area contributed by atoms with E-state index >= 15 is 0 Å². The number of aromatic nitrogens is 2. The van der Waals surface area contributed by atoms with Crippen molar-refractivity contribution in [2.75, 3.05) is 5.32 Å². The van der Waals surface area contributed by atoms with Crippen LogP contribution in [0.4, 0.5) is 24.7 Å². The predicted molar refractivity (Wildman–Crippen MR) is 70.0 cm³/mol. The minimum Gasteiger partial charge on any atom is -0.339 e. The smallest absolute Gasteiger partial charge is 0.339 e. The summed E-state index contributed by atoms with van der Waals surface area (Å²) in [5.41, 5.74) is 2.24. The lowest BCUT2D eigenvalue weighted by atomic mass is 9.97. The van der Waals surface area contributed by atoms with Crippen molar-refractivity contribution in [3.8, 4) is 0 Å². The van der Waals surface area contributed by atoms with Crippen LogP contribution in [0.5, 0.6) is 0 Å². The Hall–Kier alpha value is -1.98. The third kappa shape index (κ3) is 2.50. The molecular weight excluding hydrogens is 267 g/mol. The fourth-order valence-corrected chi connectivity index (χ4v) is 2.46. The molecule has 3 nitrogen and oxygen atoms in total. The van der Waals surface area contributed by atoms with E-state index in [0.29, 0.717) is 5.69 Å². The molecule has 0 saturated carbocycles. The molecule has 0 bridgehead atoms. The van der Waals surface area contributed by atoms with Crippen LogP contribution in [0.25, 0.3) is 0 Å². The van der Waals surface area contributed by atoms with Crippen molar-refractivity contribution >= 4 is 11.5 Å². The fraction of sp³-hybridized carbons (Fsp3) is 0.357. The van der Waals surface area contributed by atoms with Gasteiger partial charge in [-0.05, 0) is 49.9 Å². The summed E-state index contributed by atoms with van der Waals surface area (Å²) in [6, 6.07) is 4.99. The van der Waals surface area contributed by atoms with E-state index in [1.807, 2.05) is 0 Å². The third-order valence-corrected chi connectivity index (χ3v) is 3.53. The molecule has 1 aliphatic rings. The van der Waals surface area contributed by atoms with Gasteiger partial charge < -0.3 is 5.32 Å². The quantitative estimate of drug-likeness (QED) is 0.871. The van der Waals surface area contributed by atoms with Crippen molar-refractivity contribution in [3.05, 3.63) is 41.1 Å². The van der Waals surface area contributed by atoms with Crippen molar-refractivity contribution in [1.82, 2.24) is 10.2 Å². The second-order valence-corrected chi connectivity index (χ2v) is 4.94. The SMILES string of the molecule is FC(F)(F)c1ccc(Nc2n[nH]c3c2CCCC3)cc1. The maximum absolute atomic E-state index is 12.5. The Kier molecular flexibility index (Phi) is 3.16. The first kappa shape index (κ1) is 13.0. The van der Waals surface area contributed by atoms with Crippen LogP contribution in [0.1, 0.15) is 29.7 Å². The Morgan fingerprint density at radius 3 is 2.45 bits per heavy atom. The van der Waals surface area contributed by atoms with E-state index in [9.17, 15) is 13.2 Å². The third-order valence-electron chi connectivity index (χ3n) is 3.53. The molecule has 0 aliphatic heterocycles. The highest BCUT2D eigenvalue weighted by Gasteiger charge is 2.30. The number of aryl methyl sites for hydroxylation is 1. The molecular formula is C14H14F3N3. The average Bonchev–Trinajstić information content (AvgIpc) is 2.82. The molecule has 0 radical (unpaired) electrons. The van der Waals surface area contributed by atoms with E-state index in [1.54, 1.807) is 0 Å². The number of nitrogens with one attached hydrogen (secondary N) is 2. The molecule has 0 amide bonds. The number of rotatable bonds is 2. The monoisotopic (exact) mass is 281 g/mol. The molecule has 1 aromatic carbocycles. The van der Waals surface area contributed by atoms with Crippen LogP contribution in [0.2, 0.25) is 0 Å². The van der Waals surface area contributed by atoms with E-state index in [2.05, 4.69) is 15.5 Å². The van der Waals surface area contributed by atoms with Crippen molar-refractivity contribution in [2.45, 2.75) is 31.9 Å². The summed E-state index contributed by atoms with van der Waals surface area (Å²) in [6.07, 6.45) is -0.0982. The van der Waals surface area contributed by atoms with Crippen LogP contribution >= 0.6 is 0 Å². The van der Waals surface area contributed by atoms with Gasteiger partial charge in [-0.1, -0.05) is 0 Å². The summed E-state index contributed by atoms with van der Waals surface area (Å²) in [4.78, 5) is 0. The fourth-order valence-electron chi connectivity index (χ4n) is 2.46. The van der Waals surface area contributed by atoms with E-state index in [0.717, 1.165) is 54.9 Å². The topological polar surface area (TPSA) is 40.7 Å². The zero-order valence-corrected chi connectivity index (χ0v) is 10.7. The highest BCUT2D eigenvalue weighted by atomic mass is 19.4. The Morgan fingerprint density at radius 1 is 1.05 bits per heavy atom. The summed E-state index contributed by atoms with van der Waals surface area (Å²) in [5, 5.41) is 10.3. The highest BCUT2D eigenvalue weighted by Crippen LogP contribution is 2.31. The highest BCUT2D eigenvalue weighted by molar-refractivity contribution is 5.61. The van der Waals surface area contributed by atoms with Gasteiger partial charge >= 0.3 is 6.18 Å². The number of aromatic amines is 1. The van der Waals surface area contributed by atoms with Crippen LogP contribution in [0.3, 0.4) is 0 Å². The number of alkyl halides is 3. The lowest BCUT2D eigenvalue weighted by Gasteiger charge is -2.12. The molecule has 1 heterocycles. The van der Waals surface area contributed by atoms with E-state index in [1.165, 1.54) is 12.1 Å². The first-order valence-electron chi connectivity index (χ1n) is 6.54. The number of halogens is 3. The molecule has 0 spiro atoms. The van der Waals surface area contributed by atoms with Gasteiger partial charge in [0.1, 0.15) is 0 Å². The van der Waals surface area contributed by atoms with Gasteiger partial charge in [0.25, 0.3) is 0 Å². The van der Waals surface area contributed by atoms with Gasteiger partial charge in [-0.15, -0.1) is 0 Å². The lowest BCUT2D eigenvalue weighted by Crippen LogP contribution is -2.05. The van der Waals surface area contributed by atoms with Gasteiger partial charge in [0, 0.05) is 16.9 Å². The molecule has 1 aliphatic carbocycles. The normalized spacial score (nSPS) is 14.9. The number of hydrogen-bond acceptors (Lipinski definition) is 2. The number of fused-ring (bicyclic) bond motifs is 1. The Labute approximate surface area is 114 Å². The summed E-state index contributed by atoms with van der Waals surface area (Å²) in [6.45, 7) is 0. The Morgan fingerprint density at radius 2 is 1.75 bits per heavy atom. The van der Waals surface area contributed by atoms with E-state index in [-0.39, 0.29) is 0 Å². The maximum Gasteiger partial charge on any atom is 0.416 e. The minimum absolute atomic E-state index is 0.609. The van der Waals surface area contributed by atoms with E-state index < -0.39 is 11.7 Å². The summed E-state index contributed by atoms with van der Waals surface area (Å²) >= 11 is 0. The summed E-state index contributed by atoms with van der Waals surface area (Å²) in [7, 11) is 0. The molecule has 0 atom stereocenters. The molecule has 2 aromatic rings. The van der Waals surface area contributed by atoms with Crippen molar-refractivity contribution in [3.63, 3.8) is 0 Å². The second-order valence-electron chi connectivity index (χ2n) is 4.94. The zero-order chi connectivity index (χ0) is 14.2. The standard InChI is InChI=1S/C14H14F3N3/c15-14(16,17)9-5-7-10(8-6-9)18-13-11-3-1-2-4-12(11)19-20-13/h5-8H,1-4H2,(H2,18,19,20). The Balaban J connectivity index is 1.80. The van der Waals surface area contributed by atoms with Crippen LogP contribution < -0.4 is 5.32 Å². The van der Waals surface area contributed by atoms with Gasteiger partial charge in [0.05, 0.1) is 5.56 Å². The molecule has 0 saturated heterocycles. The van der Waals surface area contributed by atoms with Crippen molar-refractivity contribution < 1.29 is 13.2 Å². The van der Waals surface area contributed by atoms with Crippen LogP contribution in [-0.4, -0.2) is 10.2 Å². The molecule has 6 heteroatoms. The van der Waals surface area contributed by atoms with E-state index in [4.69, 9.17) is 0 Å². The van der Waals surface area contributed by atoms with Gasteiger partial charge in [0.15, 0.2) is 5.82 Å². The van der Waals surface area contributed by atoms with Crippen LogP contribution in [0.15, 0.2) is 24.3 Å². The molecule has 2 N–H and O–H groups in total. The van der Waals surface area contributed by atoms with Crippen molar-refractivity contribution in [1.29, 1.82) is 0 Å². The van der Waals surface area contributed by atoms with Crippen LogP contribution in [0, 0.1) is 0 Å². The van der Waals surface area contributed by atoms with Gasteiger partial charge in [-0.25, -0.2) is 0 Å². The van der Waals surface area contributed by atoms with Gasteiger partial charge in [0.2, 0.25) is 0 Å². The lowest BCUT2D eigenvalue weighted by molar-refractivity contribution is -0.137. The average molecular weight is 281 g/mol. The maximum atomic E-state index is 12.5. The first-order chi connectivity index (χ1) is 9.54. The second kappa shape index (κ2) is 4.85. The Bertz CT molecular complexity index is 599. The van der Waals surface area contributed by atoms with Gasteiger partial charge in [-0.3, -0.25) is 5.10 Å². The molecule has 0 unspecified atom stereocenters. The minimum atomic E-state index is -4.30. The number of nitrogens with zero attached hydrogens (tertiary/aromatic N) is 1. The van der Waals surface area contributed by atoms with Crippen molar-refractivity contribution in [2.24, 2.45) is 0 Å². The number of hydrogen-bond donors (Lipinski definition) is 2.